The van der Waals surface area contributed by atoms with Crippen LogP contribution in [0.1, 0.15) is 5.56 Å². The summed E-state index contributed by atoms with van der Waals surface area (Å²) < 4.78 is 5.11. The van der Waals surface area contributed by atoms with Crippen LogP contribution in [0.25, 0.3) is 0 Å². The first-order valence-corrected chi connectivity index (χ1v) is 5.87. The second kappa shape index (κ2) is 5.77. The Morgan fingerprint density at radius 3 is 2.95 bits per heavy atom. The summed E-state index contributed by atoms with van der Waals surface area (Å²) in [4.78, 5) is 23.2. The van der Waals surface area contributed by atoms with E-state index >= 15 is 0 Å². The number of benzene rings is 1. The van der Waals surface area contributed by atoms with Gasteiger partial charge in [0.15, 0.2) is 6.10 Å². The maximum Gasteiger partial charge on any atom is 0.334 e. The molecule has 1 aromatic carbocycles. The first-order chi connectivity index (χ1) is 9.08. The maximum atomic E-state index is 10.9. The number of carboxylic acids is 1. The standard InChI is InChI=1S/C12H14N2O5/c15-12(16)11-8-13(5-6-19-11)7-9-3-1-2-4-10(9)14(17)18/h1-4,11H,5-8H2,(H,15,16). The molecular weight excluding hydrogens is 252 g/mol. The molecule has 2 rings (SSSR count). The second-order valence-corrected chi connectivity index (χ2v) is 4.32. The van der Waals surface area contributed by atoms with Gasteiger partial charge in [-0.3, -0.25) is 15.0 Å². The predicted molar refractivity (Wildman–Crippen MR) is 65.7 cm³/mol. The van der Waals surface area contributed by atoms with Gasteiger partial charge in [-0.1, -0.05) is 18.2 Å². The summed E-state index contributed by atoms with van der Waals surface area (Å²) in [6, 6.07) is 6.48. The number of carbonyl (C=O) groups is 1. The van der Waals surface area contributed by atoms with Crippen molar-refractivity contribution in [3.8, 4) is 0 Å². The van der Waals surface area contributed by atoms with E-state index in [1.165, 1.54) is 6.07 Å². The van der Waals surface area contributed by atoms with E-state index < -0.39 is 17.0 Å². The molecule has 0 spiro atoms. The van der Waals surface area contributed by atoms with E-state index in [2.05, 4.69) is 0 Å². The Morgan fingerprint density at radius 2 is 2.26 bits per heavy atom. The minimum Gasteiger partial charge on any atom is -0.479 e. The fourth-order valence-electron chi connectivity index (χ4n) is 2.06. The minimum absolute atomic E-state index is 0.0564. The molecule has 1 N–H and O–H groups in total. The van der Waals surface area contributed by atoms with Crippen LogP contribution in [0, 0.1) is 10.1 Å². The van der Waals surface area contributed by atoms with Crippen LogP contribution in [-0.4, -0.2) is 46.7 Å². The monoisotopic (exact) mass is 266 g/mol. The third-order valence-electron chi connectivity index (χ3n) is 3.01. The summed E-state index contributed by atoms with van der Waals surface area (Å²) in [6.45, 7) is 1.47. The molecule has 1 fully saturated rings. The smallest absolute Gasteiger partial charge is 0.334 e. The number of hydrogen-bond acceptors (Lipinski definition) is 5. The molecule has 7 nitrogen and oxygen atoms in total. The lowest BCUT2D eigenvalue weighted by Crippen LogP contribution is -2.45. The van der Waals surface area contributed by atoms with Gasteiger partial charge in [0.2, 0.25) is 0 Å². The van der Waals surface area contributed by atoms with E-state index in [1.54, 1.807) is 18.2 Å². The fourth-order valence-corrected chi connectivity index (χ4v) is 2.06. The van der Waals surface area contributed by atoms with Gasteiger partial charge < -0.3 is 9.84 Å². The Bertz CT molecular complexity index is 491. The quantitative estimate of drug-likeness (QED) is 0.642. The average molecular weight is 266 g/mol. The lowest BCUT2D eigenvalue weighted by molar-refractivity contribution is -0.385. The van der Waals surface area contributed by atoms with E-state index in [-0.39, 0.29) is 12.2 Å². The van der Waals surface area contributed by atoms with Crippen molar-refractivity contribution in [2.75, 3.05) is 19.7 Å². The van der Waals surface area contributed by atoms with E-state index in [4.69, 9.17) is 9.84 Å². The van der Waals surface area contributed by atoms with Crippen LogP contribution in [0.5, 0.6) is 0 Å². The van der Waals surface area contributed by atoms with Gasteiger partial charge in [0.05, 0.1) is 11.5 Å². The molecule has 0 aliphatic carbocycles. The Kier molecular flexibility index (Phi) is 4.08. The summed E-state index contributed by atoms with van der Waals surface area (Å²) in [6.07, 6.45) is -0.864. The minimum atomic E-state index is -1.01. The zero-order valence-electron chi connectivity index (χ0n) is 10.2. The normalized spacial score (nSPS) is 20.1. The van der Waals surface area contributed by atoms with E-state index in [0.29, 0.717) is 25.3 Å². The lowest BCUT2D eigenvalue weighted by atomic mass is 10.1. The van der Waals surface area contributed by atoms with Crippen LogP contribution in [0.2, 0.25) is 0 Å². The number of carboxylic acid groups (broad SMARTS) is 1. The van der Waals surface area contributed by atoms with Crippen LogP contribution in [-0.2, 0) is 16.1 Å². The highest BCUT2D eigenvalue weighted by Gasteiger charge is 2.27. The van der Waals surface area contributed by atoms with Crippen LogP contribution in [0.3, 0.4) is 0 Å². The van der Waals surface area contributed by atoms with Gasteiger partial charge in [-0.25, -0.2) is 4.79 Å². The molecule has 1 unspecified atom stereocenters. The number of morpholine rings is 1. The van der Waals surface area contributed by atoms with Crippen molar-refractivity contribution in [1.82, 2.24) is 4.90 Å². The fraction of sp³-hybridized carbons (Fsp3) is 0.417. The van der Waals surface area contributed by atoms with Crippen molar-refractivity contribution in [3.63, 3.8) is 0 Å². The van der Waals surface area contributed by atoms with Gasteiger partial charge in [-0.2, -0.15) is 0 Å². The Morgan fingerprint density at radius 1 is 1.53 bits per heavy atom. The number of para-hydroxylation sites is 1. The van der Waals surface area contributed by atoms with E-state index in [9.17, 15) is 14.9 Å². The largest absolute Gasteiger partial charge is 0.479 e. The van der Waals surface area contributed by atoms with E-state index in [0.717, 1.165) is 0 Å². The van der Waals surface area contributed by atoms with Crippen molar-refractivity contribution in [2.45, 2.75) is 12.6 Å². The number of nitro benzene ring substituents is 1. The first kappa shape index (κ1) is 13.4. The molecule has 1 aromatic rings. The molecule has 1 aliphatic rings. The third kappa shape index (κ3) is 3.27. The molecular formula is C12H14N2O5. The van der Waals surface area contributed by atoms with Gasteiger partial charge in [0.1, 0.15) is 0 Å². The van der Waals surface area contributed by atoms with Crippen molar-refractivity contribution < 1.29 is 19.6 Å². The molecule has 19 heavy (non-hydrogen) atoms. The van der Waals surface area contributed by atoms with Crippen LogP contribution in [0.15, 0.2) is 24.3 Å². The number of rotatable bonds is 4. The van der Waals surface area contributed by atoms with E-state index in [1.807, 2.05) is 4.90 Å². The predicted octanol–water partition coefficient (Wildman–Crippen LogP) is 0.880. The highest BCUT2D eigenvalue weighted by molar-refractivity contribution is 5.72. The average Bonchev–Trinajstić information content (AvgIpc) is 2.39. The molecule has 0 amide bonds. The summed E-state index contributed by atoms with van der Waals surface area (Å²) in [5.41, 5.74) is 0.638. The number of nitrogens with zero attached hydrogens (tertiary/aromatic N) is 2. The van der Waals surface area contributed by atoms with Crippen molar-refractivity contribution in [1.29, 1.82) is 0 Å². The second-order valence-electron chi connectivity index (χ2n) is 4.32. The zero-order valence-corrected chi connectivity index (χ0v) is 10.2. The number of hydrogen-bond donors (Lipinski definition) is 1. The zero-order chi connectivity index (χ0) is 13.8. The number of nitro groups is 1. The Balaban J connectivity index is 2.09. The molecule has 0 aromatic heterocycles. The van der Waals surface area contributed by atoms with Crippen LogP contribution in [0.4, 0.5) is 5.69 Å². The molecule has 7 heteroatoms. The van der Waals surface area contributed by atoms with Gasteiger partial charge in [-0.15, -0.1) is 0 Å². The number of ether oxygens (including phenoxy) is 1. The van der Waals surface area contributed by atoms with Crippen LogP contribution >= 0.6 is 0 Å². The van der Waals surface area contributed by atoms with Gasteiger partial charge in [0.25, 0.3) is 5.69 Å². The summed E-state index contributed by atoms with van der Waals surface area (Å²) in [7, 11) is 0. The number of aliphatic carboxylic acids is 1. The van der Waals surface area contributed by atoms with Crippen molar-refractivity contribution >= 4 is 11.7 Å². The van der Waals surface area contributed by atoms with Gasteiger partial charge in [0, 0.05) is 31.3 Å². The highest BCUT2D eigenvalue weighted by atomic mass is 16.6. The Labute approximate surface area is 109 Å². The molecule has 1 aliphatic heterocycles. The topological polar surface area (TPSA) is 92.9 Å². The highest BCUT2D eigenvalue weighted by Crippen LogP contribution is 2.20. The van der Waals surface area contributed by atoms with Gasteiger partial charge >= 0.3 is 5.97 Å². The Hall–Kier alpha value is -1.99. The SMILES string of the molecule is O=C(O)C1CN(Cc2ccccc2[N+](=O)[O-])CCO1. The lowest BCUT2D eigenvalue weighted by Gasteiger charge is -2.30. The van der Waals surface area contributed by atoms with Gasteiger partial charge in [-0.05, 0) is 0 Å². The third-order valence-corrected chi connectivity index (χ3v) is 3.01. The molecule has 1 atom stereocenters. The summed E-state index contributed by atoms with van der Waals surface area (Å²) in [5, 5.41) is 19.8. The molecule has 1 heterocycles. The van der Waals surface area contributed by atoms with Crippen LogP contribution < -0.4 is 0 Å². The summed E-state index contributed by atoms with van der Waals surface area (Å²) >= 11 is 0. The molecule has 0 saturated carbocycles. The molecule has 0 radical (unpaired) electrons. The molecule has 102 valence electrons. The molecule has 1 saturated heterocycles. The first-order valence-electron chi connectivity index (χ1n) is 5.87. The summed E-state index contributed by atoms with van der Waals surface area (Å²) in [5.74, 6) is -1.01. The maximum absolute atomic E-state index is 10.9. The van der Waals surface area contributed by atoms with Crippen molar-refractivity contribution in [2.24, 2.45) is 0 Å². The molecule has 0 bridgehead atoms. The van der Waals surface area contributed by atoms with Crippen molar-refractivity contribution in [3.05, 3.63) is 39.9 Å².